The molecular formula is C15H25NO2. The van der Waals surface area contributed by atoms with Crippen LogP contribution in [-0.4, -0.2) is 23.9 Å². The first-order valence-corrected chi connectivity index (χ1v) is 6.49. The van der Waals surface area contributed by atoms with E-state index in [1.165, 1.54) is 5.56 Å². The van der Waals surface area contributed by atoms with E-state index < -0.39 is 5.54 Å². The van der Waals surface area contributed by atoms with Crippen molar-refractivity contribution >= 4 is 0 Å². The van der Waals surface area contributed by atoms with E-state index in [0.29, 0.717) is 18.9 Å². The van der Waals surface area contributed by atoms with Gasteiger partial charge in [0.05, 0.1) is 13.2 Å². The smallest absolute Gasteiger partial charge is 0.122 e. The molecule has 0 spiro atoms. The second-order valence-corrected chi connectivity index (χ2v) is 5.59. The number of ether oxygens (including phenoxy) is 1. The molecule has 0 amide bonds. The van der Waals surface area contributed by atoms with Gasteiger partial charge < -0.3 is 15.6 Å². The Morgan fingerprint density at radius 3 is 2.61 bits per heavy atom. The van der Waals surface area contributed by atoms with Gasteiger partial charge in [0.15, 0.2) is 0 Å². The average Bonchev–Trinajstić information content (AvgIpc) is 2.31. The molecule has 0 fully saturated rings. The summed E-state index contributed by atoms with van der Waals surface area (Å²) in [4.78, 5) is 0. The van der Waals surface area contributed by atoms with Gasteiger partial charge in [-0.3, -0.25) is 0 Å². The minimum atomic E-state index is -0.566. The molecule has 0 aliphatic carbocycles. The zero-order valence-corrected chi connectivity index (χ0v) is 11.9. The molecule has 3 N–H and O–H groups in total. The molecule has 0 saturated carbocycles. The Balaban J connectivity index is 2.64. The van der Waals surface area contributed by atoms with Crippen LogP contribution < -0.4 is 10.5 Å². The molecule has 0 aliphatic heterocycles. The van der Waals surface area contributed by atoms with E-state index in [1.54, 1.807) is 0 Å². The lowest BCUT2D eigenvalue weighted by atomic mass is 10.0. The highest BCUT2D eigenvalue weighted by Gasteiger charge is 2.17. The minimum Gasteiger partial charge on any atom is -0.493 e. The van der Waals surface area contributed by atoms with Crippen LogP contribution in [0.1, 0.15) is 44.2 Å². The van der Waals surface area contributed by atoms with E-state index in [1.807, 2.05) is 13.8 Å². The van der Waals surface area contributed by atoms with Gasteiger partial charge in [-0.15, -0.1) is 0 Å². The van der Waals surface area contributed by atoms with Gasteiger partial charge in [0.25, 0.3) is 0 Å². The lowest BCUT2D eigenvalue weighted by molar-refractivity contribution is 0.174. The van der Waals surface area contributed by atoms with Crippen LogP contribution >= 0.6 is 0 Å². The van der Waals surface area contributed by atoms with E-state index in [4.69, 9.17) is 15.6 Å². The molecule has 0 heterocycles. The van der Waals surface area contributed by atoms with Crippen molar-refractivity contribution in [3.63, 3.8) is 0 Å². The second-order valence-electron chi connectivity index (χ2n) is 5.59. The van der Waals surface area contributed by atoms with Crippen molar-refractivity contribution in [1.29, 1.82) is 0 Å². The highest BCUT2D eigenvalue weighted by atomic mass is 16.5. The minimum absolute atomic E-state index is 0.0264. The van der Waals surface area contributed by atoms with Crippen LogP contribution in [0.25, 0.3) is 0 Å². The summed E-state index contributed by atoms with van der Waals surface area (Å²) in [5.41, 5.74) is 7.70. The number of rotatable bonds is 6. The van der Waals surface area contributed by atoms with Crippen LogP contribution in [-0.2, 0) is 0 Å². The number of aliphatic hydroxyl groups is 1. The molecular weight excluding hydrogens is 226 g/mol. The number of hydrogen-bond acceptors (Lipinski definition) is 3. The van der Waals surface area contributed by atoms with Gasteiger partial charge in [-0.1, -0.05) is 26.0 Å². The number of hydrogen-bond donors (Lipinski definition) is 2. The fraction of sp³-hybridized carbons (Fsp3) is 0.600. The Morgan fingerprint density at radius 1 is 1.39 bits per heavy atom. The SMILES string of the molecule is Cc1ccc(C(C)C)cc1OCCC(C)(N)CO. The molecule has 1 aromatic carbocycles. The average molecular weight is 251 g/mol. The van der Waals surface area contributed by atoms with E-state index in [0.717, 1.165) is 11.3 Å². The third kappa shape index (κ3) is 4.31. The van der Waals surface area contributed by atoms with Gasteiger partial charge in [0.1, 0.15) is 5.75 Å². The van der Waals surface area contributed by atoms with Crippen LogP contribution in [0.4, 0.5) is 0 Å². The number of aliphatic hydroxyl groups excluding tert-OH is 1. The standard InChI is InChI=1S/C15H25NO2/c1-11(2)13-6-5-12(3)14(9-13)18-8-7-15(4,16)10-17/h5-6,9,11,17H,7-8,10,16H2,1-4H3. The Morgan fingerprint density at radius 2 is 2.06 bits per heavy atom. The van der Waals surface area contributed by atoms with Crippen LogP contribution in [0.2, 0.25) is 0 Å². The van der Waals surface area contributed by atoms with Crippen LogP contribution in [0, 0.1) is 6.92 Å². The molecule has 0 saturated heterocycles. The Kier molecular flexibility index (Phi) is 5.17. The predicted molar refractivity (Wildman–Crippen MR) is 75.1 cm³/mol. The molecule has 0 aliphatic rings. The van der Waals surface area contributed by atoms with Crippen molar-refractivity contribution in [3.05, 3.63) is 29.3 Å². The van der Waals surface area contributed by atoms with E-state index in [9.17, 15) is 0 Å². The maximum absolute atomic E-state index is 9.08. The van der Waals surface area contributed by atoms with Crippen LogP contribution in [0.15, 0.2) is 18.2 Å². The lowest BCUT2D eigenvalue weighted by Crippen LogP contribution is -2.41. The quantitative estimate of drug-likeness (QED) is 0.817. The number of nitrogens with two attached hydrogens (primary N) is 1. The zero-order valence-electron chi connectivity index (χ0n) is 11.9. The third-order valence-corrected chi connectivity index (χ3v) is 3.17. The first-order valence-electron chi connectivity index (χ1n) is 6.49. The summed E-state index contributed by atoms with van der Waals surface area (Å²) in [7, 11) is 0. The Bertz CT molecular complexity index is 386. The summed E-state index contributed by atoms with van der Waals surface area (Å²) < 4.78 is 5.77. The maximum atomic E-state index is 9.08. The summed E-state index contributed by atoms with van der Waals surface area (Å²) in [6.45, 7) is 8.69. The van der Waals surface area contributed by atoms with Crippen molar-refractivity contribution in [3.8, 4) is 5.75 Å². The van der Waals surface area contributed by atoms with Gasteiger partial charge in [0.2, 0.25) is 0 Å². The molecule has 3 nitrogen and oxygen atoms in total. The number of benzene rings is 1. The number of aryl methyl sites for hydroxylation is 1. The molecule has 1 rings (SSSR count). The van der Waals surface area contributed by atoms with Crippen molar-refractivity contribution in [1.82, 2.24) is 0 Å². The summed E-state index contributed by atoms with van der Waals surface area (Å²) in [6.07, 6.45) is 0.634. The molecule has 3 heteroatoms. The van der Waals surface area contributed by atoms with Crippen molar-refractivity contribution < 1.29 is 9.84 Å². The Labute approximate surface area is 110 Å². The van der Waals surface area contributed by atoms with E-state index in [2.05, 4.69) is 32.0 Å². The lowest BCUT2D eigenvalue weighted by Gasteiger charge is -2.22. The highest BCUT2D eigenvalue weighted by molar-refractivity contribution is 5.37. The van der Waals surface area contributed by atoms with Gasteiger partial charge >= 0.3 is 0 Å². The molecule has 0 radical (unpaired) electrons. The Hall–Kier alpha value is -1.06. The molecule has 18 heavy (non-hydrogen) atoms. The highest BCUT2D eigenvalue weighted by Crippen LogP contribution is 2.24. The third-order valence-electron chi connectivity index (χ3n) is 3.17. The van der Waals surface area contributed by atoms with E-state index in [-0.39, 0.29) is 6.61 Å². The summed E-state index contributed by atoms with van der Waals surface area (Å²) >= 11 is 0. The molecule has 1 unspecified atom stereocenters. The molecule has 1 aromatic rings. The van der Waals surface area contributed by atoms with Crippen molar-refractivity contribution in [2.24, 2.45) is 5.73 Å². The fourth-order valence-corrected chi connectivity index (χ4v) is 1.60. The fourth-order valence-electron chi connectivity index (χ4n) is 1.60. The summed E-state index contributed by atoms with van der Waals surface area (Å²) in [6, 6.07) is 6.30. The zero-order chi connectivity index (χ0) is 13.8. The maximum Gasteiger partial charge on any atom is 0.122 e. The monoisotopic (exact) mass is 251 g/mol. The first-order chi connectivity index (χ1) is 8.35. The van der Waals surface area contributed by atoms with Gasteiger partial charge in [-0.2, -0.15) is 0 Å². The topological polar surface area (TPSA) is 55.5 Å². The molecule has 0 bridgehead atoms. The van der Waals surface area contributed by atoms with Crippen molar-refractivity contribution in [2.75, 3.05) is 13.2 Å². The molecule has 0 aromatic heterocycles. The summed E-state index contributed by atoms with van der Waals surface area (Å²) in [5, 5.41) is 9.08. The molecule has 102 valence electrons. The summed E-state index contributed by atoms with van der Waals surface area (Å²) in [5.74, 6) is 1.40. The van der Waals surface area contributed by atoms with Crippen LogP contribution in [0.3, 0.4) is 0 Å². The second kappa shape index (κ2) is 6.21. The van der Waals surface area contributed by atoms with Gasteiger partial charge in [-0.25, -0.2) is 0 Å². The van der Waals surface area contributed by atoms with Crippen LogP contribution in [0.5, 0.6) is 5.75 Å². The largest absolute Gasteiger partial charge is 0.493 e. The van der Waals surface area contributed by atoms with Crippen molar-refractivity contribution in [2.45, 2.75) is 45.6 Å². The normalized spacial score (nSPS) is 14.6. The van der Waals surface area contributed by atoms with E-state index >= 15 is 0 Å². The van der Waals surface area contributed by atoms with Gasteiger partial charge in [0, 0.05) is 12.0 Å². The predicted octanol–water partition coefficient (Wildman–Crippen LogP) is 2.60. The van der Waals surface area contributed by atoms with Gasteiger partial charge in [-0.05, 0) is 37.0 Å². The first kappa shape index (κ1) is 15.0. The molecule has 1 atom stereocenters.